The summed E-state index contributed by atoms with van der Waals surface area (Å²) in [5.74, 6) is 0. The summed E-state index contributed by atoms with van der Waals surface area (Å²) in [4.78, 5) is 9.98. The van der Waals surface area contributed by atoms with Gasteiger partial charge in [0.25, 0.3) is 0 Å². The number of hydrogen-bond acceptors (Lipinski definition) is 1. The van der Waals surface area contributed by atoms with Crippen LogP contribution in [0.25, 0.3) is 0 Å². The van der Waals surface area contributed by atoms with Crippen LogP contribution in [-0.2, 0) is 11.2 Å². The monoisotopic (exact) mass is 142 g/mol. The number of hydrogen-bond donors (Lipinski definition) is 0. The number of carbonyl (C=O) groups is 1. The van der Waals surface area contributed by atoms with Crippen LogP contribution < -0.4 is 18.9 Å². The molecule has 0 radical (unpaired) electrons. The summed E-state index contributed by atoms with van der Waals surface area (Å²) in [7, 11) is 0. The van der Waals surface area contributed by atoms with E-state index in [1.165, 1.54) is 5.56 Å². The van der Waals surface area contributed by atoms with Gasteiger partial charge in [0, 0.05) is 6.42 Å². The van der Waals surface area contributed by atoms with Crippen molar-refractivity contribution in [1.29, 1.82) is 0 Å². The van der Waals surface area contributed by atoms with E-state index in [9.17, 15) is 4.79 Å². The van der Waals surface area contributed by atoms with Crippen LogP contribution in [0.4, 0.5) is 0 Å². The van der Waals surface area contributed by atoms with E-state index in [0.29, 0.717) is 6.42 Å². The van der Waals surface area contributed by atoms with Gasteiger partial charge in [0.2, 0.25) is 0 Å². The summed E-state index contributed by atoms with van der Waals surface area (Å²) >= 11 is 0. The van der Waals surface area contributed by atoms with E-state index in [1.54, 1.807) is 0 Å². The fourth-order valence-electron chi connectivity index (χ4n) is 0.870. The molecule has 0 aliphatic rings. The van der Waals surface area contributed by atoms with Crippen LogP contribution in [0, 0.1) is 0 Å². The summed E-state index contributed by atoms with van der Waals surface area (Å²) in [6, 6.07) is 10.0. The van der Waals surface area contributed by atoms with Crippen LogP contribution in [0.1, 0.15) is 13.4 Å². The molecule has 0 aromatic heterocycles. The second-order valence-corrected chi connectivity index (χ2v) is 2.19. The van der Waals surface area contributed by atoms with E-state index in [1.807, 2.05) is 30.3 Å². The Morgan fingerprint density at radius 2 is 1.91 bits per heavy atom. The Morgan fingerprint density at radius 3 is 2.45 bits per heavy atom. The van der Waals surface area contributed by atoms with Crippen molar-refractivity contribution in [1.82, 2.24) is 0 Å². The first-order chi connectivity index (χ1) is 4.93. The molecule has 1 rings (SSSR count). The molecule has 54 valence electrons. The molecule has 0 fully saturated rings. The van der Waals surface area contributed by atoms with Crippen LogP contribution >= 0.6 is 0 Å². The van der Waals surface area contributed by atoms with Crippen molar-refractivity contribution in [3.8, 4) is 0 Å². The maximum absolute atomic E-state index is 9.98. The van der Waals surface area contributed by atoms with Gasteiger partial charge < -0.3 is 6.22 Å². The Labute approximate surface area is 80.5 Å². The SMILES string of the molecule is O=CCCc1ccccc1.[H-].[Li+]. The van der Waals surface area contributed by atoms with Gasteiger partial charge in [0.15, 0.2) is 0 Å². The molecule has 0 aliphatic carbocycles. The molecular formula is C9H11LiO. The third kappa shape index (κ3) is 4.03. The molecule has 0 amide bonds. The maximum atomic E-state index is 9.98. The van der Waals surface area contributed by atoms with E-state index in [2.05, 4.69) is 0 Å². The molecular weight excluding hydrogens is 131 g/mol. The minimum Gasteiger partial charge on any atom is -1.00 e. The molecule has 1 nitrogen and oxygen atoms in total. The zero-order valence-electron chi connectivity index (χ0n) is 7.79. The zero-order valence-corrected chi connectivity index (χ0v) is 6.79. The smallest absolute Gasteiger partial charge is 1.00 e. The first kappa shape index (κ1) is 10.5. The summed E-state index contributed by atoms with van der Waals surface area (Å²) in [6.45, 7) is 0. The molecule has 0 aliphatic heterocycles. The van der Waals surface area contributed by atoms with E-state index in [-0.39, 0.29) is 20.3 Å². The zero-order chi connectivity index (χ0) is 7.23. The van der Waals surface area contributed by atoms with E-state index in [0.717, 1.165) is 12.7 Å². The van der Waals surface area contributed by atoms with Gasteiger partial charge in [0.05, 0.1) is 0 Å². The minimum absolute atomic E-state index is 0. The molecule has 0 atom stereocenters. The average Bonchev–Trinajstić information content (AvgIpc) is 2.03. The first-order valence-electron chi connectivity index (χ1n) is 3.41. The van der Waals surface area contributed by atoms with Gasteiger partial charge in [0.1, 0.15) is 6.29 Å². The number of aldehydes is 1. The van der Waals surface area contributed by atoms with Crippen molar-refractivity contribution in [2.45, 2.75) is 12.8 Å². The molecule has 0 bridgehead atoms. The van der Waals surface area contributed by atoms with Gasteiger partial charge in [-0.3, -0.25) is 0 Å². The van der Waals surface area contributed by atoms with Crippen molar-refractivity contribution < 1.29 is 25.1 Å². The quantitative estimate of drug-likeness (QED) is 0.388. The topological polar surface area (TPSA) is 17.1 Å². The van der Waals surface area contributed by atoms with Gasteiger partial charge in [-0.05, 0) is 12.0 Å². The number of rotatable bonds is 3. The van der Waals surface area contributed by atoms with Crippen molar-refractivity contribution in [3.63, 3.8) is 0 Å². The fourth-order valence-corrected chi connectivity index (χ4v) is 0.870. The van der Waals surface area contributed by atoms with Gasteiger partial charge in [-0.25, -0.2) is 0 Å². The summed E-state index contributed by atoms with van der Waals surface area (Å²) in [5.41, 5.74) is 1.23. The standard InChI is InChI=1S/C9H10O.Li.H/c10-8-4-7-9-5-2-1-3-6-9;;/h1-3,5-6,8H,4,7H2;;/q;+1;-1. The van der Waals surface area contributed by atoms with Crippen LogP contribution in [0.5, 0.6) is 0 Å². The maximum Gasteiger partial charge on any atom is 1.00 e. The van der Waals surface area contributed by atoms with E-state index >= 15 is 0 Å². The molecule has 0 N–H and O–H groups in total. The Kier molecular flexibility index (Phi) is 5.92. The van der Waals surface area contributed by atoms with Crippen molar-refractivity contribution in [2.75, 3.05) is 0 Å². The predicted molar refractivity (Wildman–Crippen MR) is 41.9 cm³/mol. The fraction of sp³-hybridized carbons (Fsp3) is 0.222. The molecule has 1 aromatic carbocycles. The van der Waals surface area contributed by atoms with Crippen LogP contribution in [-0.4, -0.2) is 6.29 Å². The van der Waals surface area contributed by atoms with E-state index in [4.69, 9.17) is 0 Å². The van der Waals surface area contributed by atoms with Crippen molar-refractivity contribution >= 4 is 6.29 Å². The minimum atomic E-state index is 0. The summed E-state index contributed by atoms with van der Waals surface area (Å²) < 4.78 is 0. The predicted octanol–water partition coefficient (Wildman–Crippen LogP) is -1.07. The molecule has 0 saturated carbocycles. The molecule has 0 heterocycles. The largest absolute Gasteiger partial charge is 1.00 e. The van der Waals surface area contributed by atoms with Gasteiger partial charge >= 0.3 is 18.9 Å². The Hall–Kier alpha value is -0.513. The average molecular weight is 142 g/mol. The normalized spacial score (nSPS) is 8.36. The van der Waals surface area contributed by atoms with E-state index < -0.39 is 0 Å². The number of aryl methyl sites for hydroxylation is 1. The first-order valence-corrected chi connectivity index (χ1v) is 3.41. The van der Waals surface area contributed by atoms with Crippen LogP contribution in [0.15, 0.2) is 30.3 Å². The molecule has 0 spiro atoms. The van der Waals surface area contributed by atoms with Crippen molar-refractivity contribution in [3.05, 3.63) is 35.9 Å². The molecule has 0 saturated heterocycles. The second kappa shape index (κ2) is 6.21. The molecule has 2 heteroatoms. The van der Waals surface area contributed by atoms with Gasteiger partial charge in [-0.15, -0.1) is 0 Å². The van der Waals surface area contributed by atoms with Crippen LogP contribution in [0.3, 0.4) is 0 Å². The van der Waals surface area contributed by atoms with Gasteiger partial charge in [-0.1, -0.05) is 30.3 Å². The molecule has 0 unspecified atom stereocenters. The van der Waals surface area contributed by atoms with Gasteiger partial charge in [-0.2, -0.15) is 0 Å². The number of benzene rings is 1. The Bertz CT molecular complexity index is 201. The number of carbonyl (C=O) groups excluding carboxylic acids is 1. The molecule has 11 heavy (non-hydrogen) atoms. The summed E-state index contributed by atoms with van der Waals surface area (Å²) in [6.07, 6.45) is 2.45. The summed E-state index contributed by atoms with van der Waals surface area (Å²) in [5, 5.41) is 0. The third-order valence-corrected chi connectivity index (χ3v) is 1.39. The molecule has 1 aromatic rings. The van der Waals surface area contributed by atoms with Crippen LogP contribution in [0.2, 0.25) is 0 Å². The Balaban J connectivity index is 0. The Morgan fingerprint density at radius 1 is 1.27 bits per heavy atom. The van der Waals surface area contributed by atoms with Crippen molar-refractivity contribution in [2.24, 2.45) is 0 Å². The second-order valence-electron chi connectivity index (χ2n) is 2.19. The third-order valence-electron chi connectivity index (χ3n) is 1.39.